The molecule has 0 bridgehead atoms. The van der Waals surface area contributed by atoms with Gasteiger partial charge in [0.2, 0.25) is 11.8 Å². The second kappa shape index (κ2) is 13.8. The van der Waals surface area contributed by atoms with Gasteiger partial charge >= 0.3 is 0 Å². The summed E-state index contributed by atoms with van der Waals surface area (Å²) in [5, 5.41) is 20.4. The molecule has 0 aliphatic carbocycles. The number of amides is 4. The number of rotatable bonds is 17. The Morgan fingerprint density at radius 2 is 1.25 bits per heavy atom. The molecule has 0 aromatic heterocycles. The Balaban J connectivity index is 1.72. The molecule has 0 aromatic carbocycles. The van der Waals surface area contributed by atoms with Crippen LogP contribution in [0, 0.1) is 5.41 Å². The van der Waals surface area contributed by atoms with E-state index in [4.69, 9.17) is 14.2 Å². The summed E-state index contributed by atoms with van der Waals surface area (Å²) in [5.74, 6) is -1.62. The predicted octanol–water partition coefficient (Wildman–Crippen LogP) is 0.195. The van der Waals surface area contributed by atoms with Crippen molar-refractivity contribution in [3.05, 3.63) is 24.3 Å². The third kappa shape index (κ3) is 8.04. The van der Waals surface area contributed by atoms with Gasteiger partial charge in [-0.1, -0.05) is 20.1 Å². The average Bonchev–Trinajstić information content (AvgIpc) is 3.21. The molecular formula is C25H38N2O9. The smallest absolute Gasteiger partial charge is 0.256 e. The number of aliphatic hydroxyl groups is 2. The number of aliphatic hydroxyl groups excluding tert-OH is 2. The molecule has 4 amide bonds. The Kier molecular flexibility index (Phi) is 11.4. The van der Waals surface area contributed by atoms with Gasteiger partial charge in [0, 0.05) is 36.9 Å². The SMILES string of the molecule is C=C1CC(=O)N(CC(O)CCOCC(CC)(COC)COCCC(O)CN2C(=O)CC(=C)C2=O)C1=O. The van der Waals surface area contributed by atoms with Crippen molar-refractivity contribution in [2.45, 2.75) is 51.2 Å². The van der Waals surface area contributed by atoms with Crippen LogP contribution < -0.4 is 0 Å². The Morgan fingerprint density at radius 1 is 0.833 bits per heavy atom. The first-order valence-electron chi connectivity index (χ1n) is 12.1. The van der Waals surface area contributed by atoms with Crippen LogP contribution >= 0.6 is 0 Å². The van der Waals surface area contributed by atoms with E-state index in [0.29, 0.717) is 26.2 Å². The molecule has 2 rings (SSSR count). The molecule has 2 saturated heterocycles. The summed E-state index contributed by atoms with van der Waals surface area (Å²) in [6.07, 6.45) is -0.686. The van der Waals surface area contributed by atoms with Crippen LogP contribution in [-0.2, 0) is 33.4 Å². The van der Waals surface area contributed by atoms with Crippen LogP contribution in [-0.4, -0.2) is 109 Å². The Labute approximate surface area is 211 Å². The number of carbonyl (C=O) groups is 4. The molecule has 2 atom stereocenters. The average molecular weight is 511 g/mol. The largest absolute Gasteiger partial charge is 0.391 e. The second-order valence-electron chi connectivity index (χ2n) is 9.46. The van der Waals surface area contributed by atoms with E-state index in [9.17, 15) is 29.4 Å². The summed E-state index contributed by atoms with van der Waals surface area (Å²) in [5.41, 5.74) is 0.00131. The summed E-state index contributed by atoms with van der Waals surface area (Å²) >= 11 is 0. The molecule has 2 fully saturated rings. The molecule has 2 unspecified atom stereocenters. The highest BCUT2D eigenvalue weighted by atomic mass is 16.5. The van der Waals surface area contributed by atoms with Gasteiger partial charge in [0.1, 0.15) is 0 Å². The Morgan fingerprint density at radius 3 is 1.56 bits per heavy atom. The first kappa shape index (κ1) is 29.8. The molecule has 2 aliphatic rings. The lowest BCUT2D eigenvalue weighted by atomic mass is 9.88. The van der Waals surface area contributed by atoms with Crippen LogP contribution in [0.1, 0.15) is 39.0 Å². The van der Waals surface area contributed by atoms with Crippen LogP contribution in [0.25, 0.3) is 0 Å². The van der Waals surface area contributed by atoms with Gasteiger partial charge in [0.05, 0.1) is 58.0 Å². The summed E-state index contributed by atoms with van der Waals surface area (Å²) in [6, 6.07) is 0. The quantitative estimate of drug-likeness (QED) is 0.159. The van der Waals surface area contributed by atoms with Crippen molar-refractivity contribution in [1.82, 2.24) is 9.80 Å². The van der Waals surface area contributed by atoms with Crippen molar-refractivity contribution in [3.63, 3.8) is 0 Å². The topological polar surface area (TPSA) is 143 Å². The van der Waals surface area contributed by atoms with Crippen LogP contribution in [0.15, 0.2) is 24.3 Å². The van der Waals surface area contributed by atoms with Crippen molar-refractivity contribution >= 4 is 23.6 Å². The van der Waals surface area contributed by atoms with Gasteiger partial charge in [-0.2, -0.15) is 0 Å². The number of ether oxygens (including phenoxy) is 3. The number of likely N-dealkylation sites (tertiary alicyclic amines) is 2. The highest BCUT2D eigenvalue weighted by Gasteiger charge is 2.35. The van der Waals surface area contributed by atoms with Crippen LogP contribution in [0.5, 0.6) is 0 Å². The van der Waals surface area contributed by atoms with E-state index in [1.165, 1.54) is 0 Å². The molecule has 202 valence electrons. The van der Waals surface area contributed by atoms with Gasteiger partial charge in [-0.15, -0.1) is 0 Å². The maximum atomic E-state index is 11.9. The van der Waals surface area contributed by atoms with E-state index in [0.717, 1.165) is 9.80 Å². The minimum Gasteiger partial charge on any atom is -0.391 e. The first-order valence-corrected chi connectivity index (χ1v) is 12.1. The minimum atomic E-state index is -0.911. The number of imide groups is 2. The van der Waals surface area contributed by atoms with Crippen molar-refractivity contribution in [2.24, 2.45) is 5.41 Å². The molecule has 0 saturated carbocycles. The van der Waals surface area contributed by atoms with E-state index in [-0.39, 0.29) is 74.9 Å². The zero-order chi connectivity index (χ0) is 26.9. The van der Waals surface area contributed by atoms with Gasteiger partial charge < -0.3 is 24.4 Å². The molecule has 0 spiro atoms. The van der Waals surface area contributed by atoms with E-state index < -0.39 is 29.4 Å². The van der Waals surface area contributed by atoms with E-state index >= 15 is 0 Å². The predicted molar refractivity (Wildman–Crippen MR) is 128 cm³/mol. The zero-order valence-corrected chi connectivity index (χ0v) is 21.2. The Bertz CT molecular complexity index is 794. The van der Waals surface area contributed by atoms with Gasteiger partial charge in [0.15, 0.2) is 0 Å². The van der Waals surface area contributed by atoms with Crippen molar-refractivity contribution in [3.8, 4) is 0 Å². The first-order chi connectivity index (χ1) is 17.0. The minimum absolute atomic E-state index is 0.0145. The van der Waals surface area contributed by atoms with Crippen molar-refractivity contribution < 1.29 is 43.6 Å². The Hall–Kier alpha value is -2.44. The van der Waals surface area contributed by atoms with Crippen molar-refractivity contribution in [1.29, 1.82) is 0 Å². The number of nitrogens with zero attached hydrogens (tertiary/aromatic N) is 2. The monoisotopic (exact) mass is 510 g/mol. The molecule has 11 heteroatoms. The second-order valence-corrected chi connectivity index (χ2v) is 9.46. The van der Waals surface area contributed by atoms with Crippen LogP contribution in [0.3, 0.4) is 0 Å². The lowest BCUT2D eigenvalue weighted by Gasteiger charge is -2.32. The highest BCUT2D eigenvalue weighted by Crippen LogP contribution is 2.24. The summed E-state index contributed by atoms with van der Waals surface area (Å²) < 4.78 is 16.9. The molecule has 36 heavy (non-hydrogen) atoms. The molecular weight excluding hydrogens is 472 g/mol. The molecule has 2 N–H and O–H groups in total. The summed E-state index contributed by atoms with van der Waals surface area (Å²) in [4.78, 5) is 49.5. The van der Waals surface area contributed by atoms with Gasteiger partial charge in [-0.25, -0.2) is 0 Å². The van der Waals surface area contributed by atoms with Gasteiger partial charge in [-0.05, 0) is 19.3 Å². The molecule has 11 nitrogen and oxygen atoms in total. The lowest BCUT2D eigenvalue weighted by Crippen LogP contribution is -2.39. The third-order valence-corrected chi connectivity index (χ3v) is 6.42. The highest BCUT2D eigenvalue weighted by molar-refractivity contribution is 6.13. The van der Waals surface area contributed by atoms with E-state index in [2.05, 4.69) is 13.2 Å². The van der Waals surface area contributed by atoms with Crippen LogP contribution in [0.4, 0.5) is 0 Å². The maximum Gasteiger partial charge on any atom is 0.256 e. The fourth-order valence-electron chi connectivity index (χ4n) is 4.04. The number of hydrogen-bond acceptors (Lipinski definition) is 9. The number of β-amino-alcohol motifs (C(OH)–C–C–N with tert-alkyl or cyclic N) is 2. The van der Waals surface area contributed by atoms with E-state index in [1.807, 2.05) is 6.92 Å². The fraction of sp³-hybridized carbons (Fsp3) is 0.680. The third-order valence-electron chi connectivity index (χ3n) is 6.42. The molecule has 0 radical (unpaired) electrons. The zero-order valence-electron chi connectivity index (χ0n) is 21.2. The molecule has 2 heterocycles. The summed E-state index contributed by atoms with van der Waals surface area (Å²) in [7, 11) is 1.58. The number of carbonyl (C=O) groups excluding carboxylic acids is 4. The molecule has 2 aliphatic heterocycles. The van der Waals surface area contributed by atoms with Crippen molar-refractivity contribution in [2.75, 3.05) is 53.2 Å². The standard InChI is InChI=1S/C25H38N2O9/c1-5-25(14-34-4,15-35-8-6-19(28)12-26-21(30)10-17(2)23(26)32)16-36-9-7-20(29)13-27-22(31)11-18(3)24(27)33/h19-20,28-29H,2-3,5-16H2,1,4H3. The number of methoxy groups -OCH3 is 1. The van der Waals surface area contributed by atoms with E-state index in [1.54, 1.807) is 7.11 Å². The normalized spacial score (nSPS) is 20.0. The maximum absolute atomic E-state index is 11.9. The number of hydrogen-bond donors (Lipinski definition) is 2. The fourth-order valence-corrected chi connectivity index (χ4v) is 4.04. The van der Waals surface area contributed by atoms with Crippen LogP contribution in [0.2, 0.25) is 0 Å². The summed E-state index contributed by atoms with van der Waals surface area (Å²) in [6.45, 7) is 10.3. The lowest BCUT2D eigenvalue weighted by molar-refractivity contribution is -0.140. The van der Waals surface area contributed by atoms with Gasteiger partial charge in [-0.3, -0.25) is 29.0 Å². The van der Waals surface area contributed by atoms with Gasteiger partial charge in [0.25, 0.3) is 11.8 Å². The molecule has 0 aromatic rings.